The summed E-state index contributed by atoms with van der Waals surface area (Å²) in [5.74, 6) is -5.35. The number of hydrogen-bond acceptors (Lipinski definition) is 2. The molecule has 0 aliphatic rings. The maximum Gasteiger partial charge on any atom is 0.324 e. The van der Waals surface area contributed by atoms with Gasteiger partial charge in [-0.2, -0.15) is 8.78 Å². The van der Waals surface area contributed by atoms with Gasteiger partial charge in [0.15, 0.2) is 0 Å². The van der Waals surface area contributed by atoms with Crippen LogP contribution in [0.3, 0.4) is 0 Å². The average molecular weight is 274 g/mol. The molecule has 0 radical (unpaired) electrons. The SMILES string of the molecule is CC(CCC(=O)O)NC(=O)NCC(F)(F)C(F)F. The summed E-state index contributed by atoms with van der Waals surface area (Å²) in [6, 6.07) is -1.62. The van der Waals surface area contributed by atoms with E-state index in [9.17, 15) is 27.2 Å². The van der Waals surface area contributed by atoms with Crippen LogP contribution in [0.2, 0.25) is 0 Å². The smallest absolute Gasteiger partial charge is 0.324 e. The molecule has 0 aliphatic heterocycles. The van der Waals surface area contributed by atoms with Gasteiger partial charge in [-0.05, 0) is 13.3 Å². The van der Waals surface area contributed by atoms with Gasteiger partial charge in [0.05, 0.1) is 6.54 Å². The van der Waals surface area contributed by atoms with Crippen molar-refractivity contribution in [2.45, 2.75) is 38.2 Å². The van der Waals surface area contributed by atoms with Crippen LogP contribution in [0.4, 0.5) is 22.4 Å². The molecule has 18 heavy (non-hydrogen) atoms. The summed E-state index contributed by atoms with van der Waals surface area (Å²) in [6.07, 6.45) is -3.95. The van der Waals surface area contributed by atoms with E-state index in [4.69, 9.17) is 5.11 Å². The lowest BCUT2D eigenvalue weighted by Crippen LogP contribution is -2.47. The molecular formula is C9H14F4N2O3. The number of halogens is 4. The minimum Gasteiger partial charge on any atom is -0.481 e. The van der Waals surface area contributed by atoms with Crippen LogP contribution in [-0.2, 0) is 4.79 Å². The Morgan fingerprint density at radius 2 is 1.89 bits per heavy atom. The van der Waals surface area contributed by atoms with E-state index in [0.717, 1.165) is 0 Å². The number of amides is 2. The molecule has 0 saturated carbocycles. The first-order valence-corrected chi connectivity index (χ1v) is 5.07. The molecule has 0 aromatic carbocycles. The zero-order valence-corrected chi connectivity index (χ0v) is 9.55. The van der Waals surface area contributed by atoms with Crippen LogP contribution in [0.1, 0.15) is 19.8 Å². The monoisotopic (exact) mass is 274 g/mol. The fourth-order valence-corrected chi connectivity index (χ4v) is 0.962. The minimum atomic E-state index is -4.29. The molecule has 0 bridgehead atoms. The lowest BCUT2D eigenvalue weighted by molar-refractivity contribution is -0.137. The number of urea groups is 1. The third-order valence-corrected chi connectivity index (χ3v) is 1.97. The van der Waals surface area contributed by atoms with Gasteiger partial charge < -0.3 is 15.7 Å². The quantitative estimate of drug-likeness (QED) is 0.615. The zero-order chi connectivity index (χ0) is 14.3. The summed E-state index contributed by atoms with van der Waals surface area (Å²) in [6.45, 7) is -0.0179. The standard InChI is InChI=1S/C9H14F4N2O3/c1-5(2-3-6(16)17)15-8(18)14-4-9(12,13)7(10)11/h5,7H,2-4H2,1H3,(H,16,17)(H2,14,15,18). The van der Waals surface area contributed by atoms with Gasteiger partial charge in [0.25, 0.3) is 0 Å². The normalized spacial score (nSPS) is 13.2. The van der Waals surface area contributed by atoms with Crippen molar-refractivity contribution in [3.8, 4) is 0 Å². The van der Waals surface area contributed by atoms with E-state index in [2.05, 4.69) is 5.32 Å². The summed E-state index contributed by atoms with van der Waals surface area (Å²) in [5.41, 5.74) is 0. The molecule has 106 valence electrons. The van der Waals surface area contributed by atoms with Gasteiger partial charge in [0, 0.05) is 12.5 Å². The number of carbonyl (C=O) groups is 2. The average Bonchev–Trinajstić information content (AvgIpc) is 2.23. The van der Waals surface area contributed by atoms with E-state index >= 15 is 0 Å². The van der Waals surface area contributed by atoms with Crippen LogP contribution in [0.25, 0.3) is 0 Å². The van der Waals surface area contributed by atoms with Gasteiger partial charge in [-0.25, -0.2) is 13.6 Å². The van der Waals surface area contributed by atoms with Crippen molar-refractivity contribution in [2.24, 2.45) is 0 Å². The second kappa shape index (κ2) is 7.02. The summed E-state index contributed by atoms with van der Waals surface area (Å²) in [4.78, 5) is 21.2. The van der Waals surface area contributed by atoms with E-state index in [-0.39, 0.29) is 12.8 Å². The van der Waals surface area contributed by atoms with Crippen LogP contribution < -0.4 is 10.6 Å². The molecule has 5 nitrogen and oxygen atoms in total. The largest absolute Gasteiger partial charge is 0.481 e. The Hall–Kier alpha value is -1.54. The highest BCUT2D eigenvalue weighted by molar-refractivity contribution is 5.74. The summed E-state index contributed by atoms with van der Waals surface area (Å²) in [5, 5.41) is 12.1. The Kier molecular flexibility index (Phi) is 6.42. The van der Waals surface area contributed by atoms with Crippen LogP contribution in [-0.4, -0.2) is 42.0 Å². The van der Waals surface area contributed by atoms with Gasteiger partial charge in [0.2, 0.25) is 0 Å². The molecule has 2 amide bonds. The molecule has 0 fully saturated rings. The highest BCUT2D eigenvalue weighted by atomic mass is 19.3. The van der Waals surface area contributed by atoms with Gasteiger partial charge in [-0.1, -0.05) is 0 Å². The predicted molar refractivity (Wildman–Crippen MR) is 53.8 cm³/mol. The molecule has 0 aromatic rings. The molecule has 1 unspecified atom stereocenters. The molecule has 1 atom stereocenters. The van der Waals surface area contributed by atoms with Gasteiger partial charge >= 0.3 is 24.3 Å². The van der Waals surface area contributed by atoms with E-state index in [0.29, 0.717) is 0 Å². The number of hydrogen-bond donors (Lipinski definition) is 3. The molecule has 0 heterocycles. The Morgan fingerprint density at radius 3 is 2.33 bits per heavy atom. The van der Waals surface area contributed by atoms with Crippen LogP contribution >= 0.6 is 0 Å². The number of rotatable bonds is 7. The van der Waals surface area contributed by atoms with Crippen molar-refractivity contribution in [1.29, 1.82) is 0 Å². The number of carboxylic acid groups (broad SMARTS) is 1. The van der Waals surface area contributed by atoms with Crippen molar-refractivity contribution in [3.05, 3.63) is 0 Å². The number of carboxylic acids is 1. The van der Waals surface area contributed by atoms with Crippen molar-refractivity contribution in [3.63, 3.8) is 0 Å². The Balaban J connectivity index is 3.94. The summed E-state index contributed by atoms with van der Waals surface area (Å²) >= 11 is 0. The first kappa shape index (κ1) is 16.5. The third-order valence-electron chi connectivity index (χ3n) is 1.97. The zero-order valence-electron chi connectivity index (χ0n) is 9.55. The van der Waals surface area contributed by atoms with E-state index in [1.807, 2.05) is 0 Å². The molecular weight excluding hydrogens is 260 g/mol. The molecule has 0 aromatic heterocycles. The Bertz CT molecular complexity index is 300. The lowest BCUT2D eigenvalue weighted by Gasteiger charge is -2.18. The van der Waals surface area contributed by atoms with Crippen molar-refractivity contribution in [2.75, 3.05) is 6.54 Å². The molecule has 3 N–H and O–H groups in total. The van der Waals surface area contributed by atoms with Crippen molar-refractivity contribution >= 4 is 12.0 Å². The highest BCUT2D eigenvalue weighted by Crippen LogP contribution is 2.21. The third kappa shape index (κ3) is 6.92. The van der Waals surface area contributed by atoms with E-state index in [1.54, 1.807) is 5.32 Å². The highest BCUT2D eigenvalue weighted by Gasteiger charge is 2.40. The molecule has 0 saturated heterocycles. The Morgan fingerprint density at radius 1 is 1.33 bits per heavy atom. The summed E-state index contributed by atoms with van der Waals surface area (Å²) < 4.78 is 48.4. The number of aliphatic carboxylic acids is 1. The molecule has 0 spiro atoms. The Labute approximate surface area is 101 Å². The van der Waals surface area contributed by atoms with Crippen LogP contribution in [0, 0.1) is 0 Å². The maximum atomic E-state index is 12.4. The fourth-order valence-electron chi connectivity index (χ4n) is 0.962. The van der Waals surface area contributed by atoms with Crippen molar-refractivity contribution < 1.29 is 32.3 Å². The van der Waals surface area contributed by atoms with Gasteiger partial charge in [0.1, 0.15) is 0 Å². The number of carbonyl (C=O) groups excluding carboxylic acids is 1. The first-order valence-electron chi connectivity index (χ1n) is 5.07. The topological polar surface area (TPSA) is 78.4 Å². The van der Waals surface area contributed by atoms with Crippen LogP contribution in [0.15, 0.2) is 0 Å². The minimum absolute atomic E-state index is 0.105. The second-order valence-corrected chi connectivity index (χ2v) is 3.72. The molecule has 0 aliphatic carbocycles. The lowest BCUT2D eigenvalue weighted by atomic mass is 10.2. The van der Waals surface area contributed by atoms with Gasteiger partial charge in [-0.3, -0.25) is 4.79 Å². The number of nitrogens with one attached hydrogen (secondary N) is 2. The van der Waals surface area contributed by atoms with Gasteiger partial charge in [-0.15, -0.1) is 0 Å². The second-order valence-electron chi connectivity index (χ2n) is 3.72. The summed E-state index contributed by atoms with van der Waals surface area (Å²) in [7, 11) is 0. The van der Waals surface area contributed by atoms with E-state index < -0.39 is 36.9 Å². The van der Waals surface area contributed by atoms with E-state index in [1.165, 1.54) is 6.92 Å². The van der Waals surface area contributed by atoms with Crippen LogP contribution in [0.5, 0.6) is 0 Å². The fraction of sp³-hybridized carbons (Fsp3) is 0.778. The molecule has 0 rings (SSSR count). The van der Waals surface area contributed by atoms with Crippen molar-refractivity contribution in [1.82, 2.24) is 10.6 Å². The first-order chi connectivity index (χ1) is 8.15. The maximum absolute atomic E-state index is 12.4. The number of alkyl halides is 4. The molecule has 9 heteroatoms. The predicted octanol–water partition coefficient (Wildman–Crippen LogP) is 1.44.